The zero-order chi connectivity index (χ0) is 24.9. The molecule has 1 aromatic heterocycles. The van der Waals surface area contributed by atoms with E-state index in [4.69, 9.17) is 23.7 Å². The standard InChI is InChI=1S/C25H31N3O7/c1-18(29)20-5-8-22-23(17-20)27-25(26-22)28-24(30)19-3-6-21(7-4-19)35-16-15-34-14-13-33-12-11-32-10-9-31-2/h3-8,17H,9-16H2,1-2H3,(H2,26,27,28,30). The fraction of sp³-hybridized carbons (Fsp3) is 0.400. The number of carbonyl (C=O) groups is 2. The minimum Gasteiger partial charge on any atom is -0.491 e. The Morgan fingerprint density at radius 2 is 1.43 bits per heavy atom. The number of H-pyrrole nitrogens is 1. The van der Waals surface area contributed by atoms with Crippen molar-refractivity contribution in [2.24, 2.45) is 0 Å². The van der Waals surface area contributed by atoms with Gasteiger partial charge in [-0.15, -0.1) is 0 Å². The van der Waals surface area contributed by atoms with Crippen LogP contribution < -0.4 is 10.1 Å². The molecule has 10 nitrogen and oxygen atoms in total. The lowest BCUT2D eigenvalue weighted by Gasteiger charge is -2.09. The summed E-state index contributed by atoms with van der Waals surface area (Å²) in [5.74, 6) is 0.598. The molecule has 35 heavy (non-hydrogen) atoms. The number of fused-ring (bicyclic) bond motifs is 1. The number of hydrogen-bond acceptors (Lipinski definition) is 8. The van der Waals surface area contributed by atoms with Gasteiger partial charge < -0.3 is 28.7 Å². The molecular formula is C25H31N3O7. The van der Waals surface area contributed by atoms with Gasteiger partial charge in [-0.2, -0.15) is 0 Å². The second kappa shape index (κ2) is 14.2. The summed E-state index contributed by atoms with van der Waals surface area (Å²) in [7, 11) is 1.63. The molecule has 0 radical (unpaired) electrons. The van der Waals surface area contributed by atoms with Crippen LogP contribution in [0, 0.1) is 0 Å². The van der Waals surface area contributed by atoms with E-state index in [0.717, 1.165) is 0 Å². The van der Waals surface area contributed by atoms with E-state index in [1.54, 1.807) is 49.6 Å². The number of nitrogens with one attached hydrogen (secondary N) is 2. The highest BCUT2D eigenvalue weighted by atomic mass is 16.6. The van der Waals surface area contributed by atoms with Crippen LogP contribution in [0.1, 0.15) is 27.6 Å². The van der Waals surface area contributed by atoms with E-state index < -0.39 is 0 Å². The molecule has 0 spiro atoms. The summed E-state index contributed by atoms with van der Waals surface area (Å²) in [6, 6.07) is 11.9. The quantitative estimate of drug-likeness (QED) is 0.235. The number of aromatic amines is 1. The Kier molecular flexibility index (Phi) is 10.6. The van der Waals surface area contributed by atoms with Gasteiger partial charge in [0, 0.05) is 18.2 Å². The largest absolute Gasteiger partial charge is 0.491 e. The molecule has 1 heterocycles. The van der Waals surface area contributed by atoms with Crippen LogP contribution in [-0.2, 0) is 18.9 Å². The lowest BCUT2D eigenvalue weighted by atomic mass is 10.1. The van der Waals surface area contributed by atoms with Gasteiger partial charge in [0.25, 0.3) is 5.91 Å². The molecule has 0 aliphatic heterocycles. The van der Waals surface area contributed by atoms with Crippen molar-refractivity contribution in [3.8, 4) is 5.75 Å². The van der Waals surface area contributed by atoms with Crippen molar-refractivity contribution < 1.29 is 33.3 Å². The maximum absolute atomic E-state index is 12.5. The summed E-state index contributed by atoms with van der Waals surface area (Å²) in [4.78, 5) is 31.4. The number of carbonyl (C=O) groups excluding carboxylic acids is 2. The SMILES string of the molecule is COCCOCCOCCOCCOc1ccc(C(=O)Nc2nc3ccc(C(C)=O)cc3[nH]2)cc1. The Morgan fingerprint density at radius 1 is 0.829 bits per heavy atom. The number of methoxy groups -OCH3 is 1. The molecule has 0 saturated carbocycles. The van der Waals surface area contributed by atoms with Crippen molar-refractivity contribution in [2.75, 3.05) is 65.3 Å². The van der Waals surface area contributed by atoms with Crippen LogP contribution in [-0.4, -0.2) is 81.6 Å². The zero-order valence-electron chi connectivity index (χ0n) is 20.0. The van der Waals surface area contributed by atoms with Gasteiger partial charge in [-0.3, -0.25) is 14.9 Å². The van der Waals surface area contributed by atoms with Crippen LogP contribution in [0.5, 0.6) is 5.75 Å². The monoisotopic (exact) mass is 485 g/mol. The number of Topliss-reactive ketones (excluding diaryl/α,β-unsaturated/α-hetero) is 1. The maximum Gasteiger partial charge on any atom is 0.257 e. The van der Waals surface area contributed by atoms with E-state index in [1.807, 2.05) is 0 Å². The number of imidazole rings is 1. The Hall–Kier alpha value is -3.31. The number of amides is 1. The van der Waals surface area contributed by atoms with E-state index in [-0.39, 0.29) is 11.7 Å². The van der Waals surface area contributed by atoms with Crippen LogP contribution in [0.25, 0.3) is 11.0 Å². The van der Waals surface area contributed by atoms with E-state index in [1.165, 1.54) is 6.92 Å². The first-order chi connectivity index (χ1) is 17.1. The average molecular weight is 486 g/mol. The number of ether oxygens (including phenoxy) is 5. The van der Waals surface area contributed by atoms with Crippen molar-refractivity contribution >= 4 is 28.7 Å². The topological polar surface area (TPSA) is 121 Å². The molecule has 10 heteroatoms. The third-order valence-electron chi connectivity index (χ3n) is 4.91. The predicted molar refractivity (Wildman–Crippen MR) is 130 cm³/mol. The zero-order valence-corrected chi connectivity index (χ0v) is 20.0. The summed E-state index contributed by atoms with van der Waals surface area (Å²) in [6.07, 6.45) is 0. The number of nitrogens with zero attached hydrogens (tertiary/aromatic N) is 1. The smallest absolute Gasteiger partial charge is 0.257 e. The lowest BCUT2D eigenvalue weighted by molar-refractivity contribution is 0.000164. The van der Waals surface area contributed by atoms with E-state index in [9.17, 15) is 9.59 Å². The van der Waals surface area contributed by atoms with Crippen molar-refractivity contribution in [1.82, 2.24) is 9.97 Å². The molecule has 0 aliphatic carbocycles. The Morgan fingerprint density at radius 3 is 2.06 bits per heavy atom. The van der Waals surface area contributed by atoms with Crippen molar-refractivity contribution in [3.05, 3.63) is 53.6 Å². The summed E-state index contributed by atoms with van der Waals surface area (Å²) in [5.41, 5.74) is 2.38. The van der Waals surface area contributed by atoms with Crippen LogP contribution in [0.2, 0.25) is 0 Å². The minimum absolute atomic E-state index is 0.0365. The summed E-state index contributed by atoms with van der Waals surface area (Å²) in [5, 5.41) is 2.73. The van der Waals surface area contributed by atoms with Gasteiger partial charge in [-0.1, -0.05) is 0 Å². The molecule has 188 valence electrons. The van der Waals surface area contributed by atoms with Gasteiger partial charge in [0.05, 0.1) is 57.3 Å². The fourth-order valence-electron chi connectivity index (χ4n) is 3.07. The Labute approximate surface area is 203 Å². The molecule has 0 saturated heterocycles. The molecule has 0 bridgehead atoms. The second-order valence-electron chi connectivity index (χ2n) is 7.53. The van der Waals surface area contributed by atoms with Gasteiger partial charge in [-0.05, 0) is 49.4 Å². The van der Waals surface area contributed by atoms with Crippen LogP contribution in [0.4, 0.5) is 5.95 Å². The summed E-state index contributed by atoms with van der Waals surface area (Å²) in [6.45, 7) is 5.44. The first kappa shape index (κ1) is 26.3. The van der Waals surface area contributed by atoms with Gasteiger partial charge in [0.15, 0.2) is 5.78 Å². The molecule has 0 unspecified atom stereocenters. The van der Waals surface area contributed by atoms with E-state index >= 15 is 0 Å². The molecule has 2 aromatic carbocycles. The number of hydrogen-bond donors (Lipinski definition) is 2. The van der Waals surface area contributed by atoms with Gasteiger partial charge >= 0.3 is 0 Å². The van der Waals surface area contributed by atoms with Gasteiger partial charge in [0.2, 0.25) is 5.95 Å². The highest BCUT2D eigenvalue weighted by molar-refractivity contribution is 6.04. The van der Waals surface area contributed by atoms with Gasteiger partial charge in [-0.25, -0.2) is 4.98 Å². The molecular weight excluding hydrogens is 454 g/mol. The first-order valence-electron chi connectivity index (χ1n) is 11.3. The molecule has 2 N–H and O–H groups in total. The third-order valence-corrected chi connectivity index (χ3v) is 4.91. The average Bonchev–Trinajstić information content (AvgIpc) is 3.26. The van der Waals surface area contributed by atoms with Crippen LogP contribution in [0.3, 0.4) is 0 Å². The minimum atomic E-state index is -0.310. The third kappa shape index (κ3) is 8.76. The highest BCUT2D eigenvalue weighted by Crippen LogP contribution is 2.18. The molecule has 0 atom stereocenters. The molecule has 3 rings (SSSR count). The van der Waals surface area contributed by atoms with Gasteiger partial charge in [0.1, 0.15) is 12.4 Å². The van der Waals surface area contributed by atoms with E-state index in [2.05, 4.69) is 15.3 Å². The van der Waals surface area contributed by atoms with Crippen molar-refractivity contribution in [1.29, 1.82) is 0 Å². The van der Waals surface area contributed by atoms with E-state index in [0.29, 0.717) is 86.7 Å². The number of anilines is 1. The molecule has 0 fully saturated rings. The Balaban J connectivity index is 1.33. The molecule has 3 aromatic rings. The predicted octanol–water partition coefficient (Wildman–Crippen LogP) is 3.09. The number of benzene rings is 2. The summed E-state index contributed by atoms with van der Waals surface area (Å²) < 4.78 is 26.7. The molecule has 1 amide bonds. The lowest BCUT2D eigenvalue weighted by Crippen LogP contribution is -2.14. The normalized spacial score (nSPS) is 11.0. The number of rotatable bonds is 16. The number of aromatic nitrogens is 2. The van der Waals surface area contributed by atoms with Crippen LogP contribution >= 0.6 is 0 Å². The summed E-state index contributed by atoms with van der Waals surface area (Å²) >= 11 is 0. The van der Waals surface area contributed by atoms with Crippen molar-refractivity contribution in [2.45, 2.75) is 6.92 Å². The van der Waals surface area contributed by atoms with Crippen LogP contribution in [0.15, 0.2) is 42.5 Å². The Bertz CT molecular complexity index is 1080. The molecule has 0 aliphatic rings. The fourth-order valence-corrected chi connectivity index (χ4v) is 3.07. The van der Waals surface area contributed by atoms with Crippen molar-refractivity contribution in [3.63, 3.8) is 0 Å². The highest BCUT2D eigenvalue weighted by Gasteiger charge is 2.11. The number of ketones is 1. The first-order valence-corrected chi connectivity index (χ1v) is 11.3. The maximum atomic E-state index is 12.5. The second-order valence-corrected chi connectivity index (χ2v) is 7.53.